The van der Waals surface area contributed by atoms with Crippen molar-refractivity contribution in [2.45, 2.75) is 84.5 Å². The first-order valence-electron chi connectivity index (χ1n) is 14.0. The van der Waals surface area contributed by atoms with E-state index < -0.39 is 0 Å². The summed E-state index contributed by atoms with van der Waals surface area (Å²) in [5, 5.41) is 0. The minimum atomic E-state index is 0.368. The first-order chi connectivity index (χ1) is 16.9. The van der Waals surface area contributed by atoms with Gasteiger partial charge in [0.15, 0.2) is 0 Å². The zero-order chi connectivity index (χ0) is 24.0. The zero-order valence-corrected chi connectivity index (χ0v) is 21.8. The molecule has 0 bridgehead atoms. The van der Waals surface area contributed by atoms with Crippen LogP contribution in [0.15, 0.2) is 71.8 Å². The van der Waals surface area contributed by atoms with Crippen LogP contribution >= 0.6 is 0 Å². The minimum absolute atomic E-state index is 0.368. The molecule has 1 saturated carbocycles. The van der Waals surface area contributed by atoms with Crippen LogP contribution in [-0.2, 0) is 25.7 Å². The fraction of sp³-hybridized carbons (Fsp3) is 0.429. The fourth-order valence-corrected chi connectivity index (χ4v) is 7.20. The van der Waals surface area contributed by atoms with E-state index in [4.69, 9.17) is 0 Å². The predicted octanol–water partition coefficient (Wildman–Crippen LogP) is 9.23. The Kier molecular flexibility index (Phi) is 5.95. The van der Waals surface area contributed by atoms with Crippen LogP contribution in [-0.4, -0.2) is 0 Å². The first-order valence-corrected chi connectivity index (χ1v) is 14.0. The lowest BCUT2D eigenvalue weighted by Gasteiger charge is -2.21. The Morgan fingerprint density at radius 3 is 2.69 bits per heavy atom. The van der Waals surface area contributed by atoms with Crippen molar-refractivity contribution in [3.8, 4) is 0 Å². The second kappa shape index (κ2) is 9.12. The molecule has 0 heterocycles. The highest BCUT2D eigenvalue weighted by Crippen LogP contribution is 2.43. The summed E-state index contributed by atoms with van der Waals surface area (Å²) < 4.78 is 0. The normalized spacial score (nSPS) is 20.8. The lowest BCUT2D eigenvalue weighted by atomic mass is 9.84. The summed E-state index contributed by atoms with van der Waals surface area (Å²) in [6.45, 7) is 9.38. The summed E-state index contributed by atoms with van der Waals surface area (Å²) in [7, 11) is 0. The largest absolute Gasteiger partial charge is 0.0949 e. The van der Waals surface area contributed by atoms with E-state index in [0.29, 0.717) is 5.41 Å². The average molecular weight is 461 g/mol. The Labute approximate surface area is 212 Å². The Hall–Kier alpha value is -2.60. The highest BCUT2D eigenvalue weighted by molar-refractivity contribution is 5.76. The average Bonchev–Trinajstić information content (AvgIpc) is 3.54. The van der Waals surface area contributed by atoms with Gasteiger partial charge < -0.3 is 0 Å². The van der Waals surface area contributed by atoms with Gasteiger partial charge >= 0.3 is 0 Å². The Morgan fingerprint density at radius 1 is 0.971 bits per heavy atom. The lowest BCUT2D eigenvalue weighted by molar-refractivity contribution is 0.356. The number of benzene rings is 2. The van der Waals surface area contributed by atoms with Crippen LogP contribution < -0.4 is 0 Å². The van der Waals surface area contributed by atoms with E-state index in [2.05, 4.69) is 75.1 Å². The van der Waals surface area contributed by atoms with E-state index >= 15 is 0 Å². The molecule has 0 aromatic heterocycles. The molecule has 0 aliphatic heterocycles. The second-order valence-electron chi connectivity index (χ2n) is 12.4. The summed E-state index contributed by atoms with van der Waals surface area (Å²) in [5.41, 5.74) is 15.1. The van der Waals surface area contributed by atoms with Crippen LogP contribution in [0.4, 0.5) is 0 Å². The number of rotatable bonds is 6. The van der Waals surface area contributed by atoms with E-state index in [1.54, 1.807) is 11.1 Å². The van der Waals surface area contributed by atoms with E-state index in [1.807, 2.05) is 0 Å². The highest BCUT2D eigenvalue weighted by Gasteiger charge is 2.30. The molecule has 2 aromatic rings. The number of hydrogen-bond donors (Lipinski definition) is 0. The first kappa shape index (κ1) is 22.8. The van der Waals surface area contributed by atoms with Gasteiger partial charge in [-0.2, -0.15) is 0 Å². The van der Waals surface area contributed by atoms with Gasteiger partial charge in [-0.1, -0.05) is 107 Å². The lowest BCUT2D eigenvalue weighted by Crippen LogP contribution is -2.10. The van der Waals surface area contributed by atoms with Crippen LogP contribution in [0.2, 0.25) is 0 Å². The third-order valence-corrected chi connectivity index (χ3v) is 8.93. The maximum Gasteiger partial charge on any atom is -0.00137 e. The van der Waals surface area contributed by atoms with E-state index in [0.717, 1.165) is 25.2 Å². The summed E-state index contributed by atoms with van der Waals surface area (Å²) in [4.78, 5) is 0. The molecule has 0 N–H and O–H groups in total. The topological polar surface area (TPSA) is 0 Å². The van der Waals surface area contributed by atoms with Gasteiger partial charge in [0.25, 0.3) is 0 Å². The van der Waals surface area contributed by atoms with Crippen molar-refractivity contribution in [3.63, 3.8) is 0 Å². The maximum absolute atomic E-state index is 4.59. The molecule has 0 unspecified atom stereocenters. The third kappa shape index (κ3) is 4.65. The van der Waals surface area contributed by atoms with Crippen LogP contribution in [0.3, 0.4) is 0 Å². The standard InChI is InChI=1S/C35H40/c1-24(32-13-8-12-29-22-35(2,3)23-34(29)32)17-28-11-7-14-33(28)31-20-27-16-15-26(19-30(27)21-31)18-25-9-5-4-6-10-25/h8,11-16,19,21,25H,1,4-7,9-10,17-18,20,22-23H2,2-3H3. The van der Waals surface area contributed by atoms with Gasteiger partial charge in [0, 0.05) is 0 Å². The number of fused-ring (bicyclic) bond motifs is 2. The van der Waals surface area contributed by atoms with Crippen molar-refractivity contribution >= 4 is 11.6 Å². The molecule has 180 valence electrons. The third-order valence-electron chi connectivity index (χ3n) is 8.93. The molecular weight excluding hydrogens is 420 g/mol. The molecule has 6 rings (SSSR count). The summed E-state index contributed by atoms with van der Waals surface area (Å²) in [6.07, 6.45) is 21.2. The summed E-state index contributed by atoms with van der Waals surface area (Å²) >= 11 is 0. The quantitative estimate of drug-likeness (QED) is 0.403. The van der Waals surface area contributed by atoms with E-state index in [1.165, 1.54) is 95.9 Å². The minimum Gasteiger partial charge on any atom is -0.0949 e. The molecule has 4 aliphatic rings. The highest BCUT2D eigenvalue weighted by atomic mass is 14.3. The van der Waals surface area contributed by atoms with E-state index in [-0.39, 0.29) is 0 Å². The molecule has 2 aromatic carbocycles. The molecule has 0 radical (unpaired) electrons. The van der Waals surface area contributed by atoms with Gasteiger partial charge in [-0.3, -0.25) is 0 Å². The molecular formula is C35H40. The van der Waals surface area contributed by atoms with Crippen molar-refractivity contribution in [2.24, 2.45) is 11.3 Å². The van der Waals surface area contributed by atoms with Gasteiger partial charge in [-0.05, 0) is 106 Å². The van der Waals surface area contributed by atoms with Crippen LogP contribution in [0, 0.1) is 11.3 Å². The SMILES string of the molecule is C=C(CC1=CCC=C1C1=Cc2cc(CC3CCCCC3)ccc2C1)c1cccc2c1CC(C)(C)C2. The van der Waals surface area contributed by atoms with Crippen molar-refractivity contribution < 1.29 is 0 Å². The monoisotopic (exact) mass is 460 g/mol. The molecule has 1 fully saturated rings. The fourth-order valence-electron chi connectivity index (χ4n) is 7.20. The van der Waals surface area contributed by atoms with Crippen LogP contribution in [0.25, 0.3) is 11.6 Å². The van der Waals surface area contributed by atoms with Crippen molar-refractivity contribution in [2.75, 3.05) is 0 Å². The smallest absolute Gasteiger partial charge is 0.00137 e. The molecule has 0 spiro atoms. The van der Waals surface area contributed by atoms with E-state index in [9.17, 15) is 0 Å². The van der Waals surface area contributed by atoms with Gasteiger partial charge in [0.1, 0.15) is 0 Å². The predicted molar refractivity (Wildman–Crippen MR) is 150 cm³/mol. The second-order valence-corrected chi connectivity index (χ2v) is 12.4. The molecule has 0 atom stereocenters. The summed E-state index contributed by atoms with van der Waals surface area (Å²) in [5.74, 6) is 0.898. The zero-order valence-electron chi connectivity index (χ0n) is 21.8. The van der Waals surface area contributed by atoms with Crippen molar-refractivity contribution in [1.82, 2.24) is 0 Å². The molecule has 0 amide bonds. The van der Waals surface area contributed by atoms with Crippen molar-refractivity contribution in [1.29, 1.82) is 0 Å². The summed E-state index contributed by atoms with van der Waals surface area (Å²) in [6, 6.07) is 14.2. The number of allylic oxidation sites excluding steroid dienone is 6. The molecule has 35 heavy (non-hydrogen) atoms. The Bertz CT molecular complexity index is 1250. The Morgan fingerprint density at radius 2 is 1.83 bits per heavy atom. The van der Waals surface area contributed by atoms with Crippen molar-refractivity contribution in [3.05, 3.63) is 105 Å². The molecule has 0 saturated heterocycles. The molecule has 0 heteroatoms. The van der Waals surface area contributed by atoms with Crippen LogP contribution in [0.5, 0.6) is 0 Å². The molecule has 4 aliphatic carbocycles. The Balaban J connectivity index is 1.17. The van der Waals surface area contributed by atoms with Gasteiger partial charge in [-0.25, -0.2) is 0 Å². The van der Waals surface area contributed by atoms with Crippen LogP contribution in [0.1, 0.15) is 92.2 Å². The van der Waals surface area contributed by atoms with Gasteiger partial charge in [0.2, 0.25) is 0 Å². The maximum atomic E-state index is 4.59. The van der Waals surface area contributed by atoms with Gasteiger partial charge in [-0.15, -0.1) is 0 Å². The van der Waals surface area contributed by atoms with Gasteiger partial charge in [0.05, 0.1) is 0 Å². The number of hydrogen-bond acceptors (Lipinski definition) is 0. The molecule has 0 nitrogen and oxygen atoms in total.